The normalized spacial score (nSPS) is 17.4. The van der Waals surface area contributed by atoms with Crippen molar-refractivity contribution in [1.29, 1.82) is 0 Å². The number of fused-ring (bicyclic) bond motifs is 1. The second kappa shape index (κ2) is 10.9. The van der Waals surface area contributed by atoms with Crippen LogP contribution in [0.2, 0.25) is 0 Å². The van der Waals surface area contributed by atoms with Crippen molar-refractivity contribution in [2.75, 3.05) is 6.61 Å². The molecule has 0 radical (unpaired) electrons. The highest BCUT2D eigenvalue weighted by Gasteiger charge is 2.27. The lowest BCUT2D eigenvalue weighted by Crippen LogP contribution is -2.38. The Kier molecular flexibility index (Phi) is 7.26. The second-order valence-electron chi connectivity index (χ2n) is 9.67. The van der Waals surface area contributed by atoms with E-state index < -0.39 is 5.97 Å². The van der Waals surface area contributed by atoms with Gasteiger partial charge in [0.2, 0.25) is 0 Å². The van der Waals surface area contributed by atoms with Crippen molar-refractivity contribution in [3.05, 3.63) is 90.1 Å². The molecule has 0 aliphatic heterocycles. The van der Waals surface area contributed by atoms with Gasteiger partial charge in [0, 0.05) is 24.2 Å². The molecule has 37 heavy (non-hydrogen) atoms. The van der Waals surface area contributed by atoms with Crippen LogP contribution >= 0.6 is 0 Å². The second-order valence-corrected chi connectivity index (χ2v) is 9.67. The SMILES string of the molecule is CCOc1ccc(C(=O)NC2CCC(C(=O)O)CC2)c2c1ccn2Cc1ccc(-c2ccccc2)cc1. The van der Waals surface area contributed by atoms with Gasteiger partial charge in [0.05, 0.1) is 23.6 Å². The lowest BCUT2D eigenvalue weighted by atomic mass is 9.86. The number of carbonyl (C=O) groups is 2. The van der Waals surface area contributed by atoms with Crippen molar-refractivity contribution < 1.29 is 19.4 Å². The summed E-state index contributed by atoms with van der Waals surface area (Å²) in [7, 11) is 0. The molecule has 1 saturated carbocycles. The summed E-state index contributed by atoms with van der Waals surface area (Å²) >= 11 is 0. The number of hydrogen-bond acceptors (Lipinski definition) is 3. The van der Waals surface area contributed by atoms with Crippen LogP contribution in [-0.2, 0) is 11.3 Å². The quantitative estimate of drug-likeness (QED) is 0.308. The topological polar surface area (TPSA) is 80.6 Å². The highest BCUT2D eigenvalue weighted by atomic mass is 16.5. The lowest BCUT2D eigenvalue weighted by Gasteiger charge is -2.27. The maximum Gasteiger partial charge on any atom is 0.306 e. The molecule has 0 atom stereocenters. The third-order valence-corrected chi connectivity index (χ3v) is 7.26. The van der Waals surface area contributed by atoms with E-state index in [1.807, 2.05) is 49.5 Å². The molecular weight excluding hydrogens is 464 g/mol. The minimum Gasteiger partial charge on any atom is -0.493 e. The number of benzene rings is 3. The Bertz CT molecular complexity index is 1380. The molecule has 0 spiro atoms. The fraction of sp³-hybridized carbons (Fsp3) is 0.290. The van der Waals surface area contributed by atoms with Crippen molar-refractivity contribution in [3.63, 3.8) is 0 Å². The van der Waals surface area contributed by atoms with Crippen LogP contribution in [0.1, 0.15) is 48.5 Å². The largest absolute Gasteiger partial charge is 0.493 e. The number of carboxylic acids is 1. The molecular formula is C31H32N2O4. The molecule has 1 aromatic heterocycles. The fourth-order valence-corrected chi connectivity index (χ4v) is 5.27. The smallest absolute Gasteiger partial charge is 0.306 e. The molecule has 0 bridgehead atoms. The Morgan fingerprint density at radius 1 is 0.919 bits per heavy atom. The number of rotatable bonds is 8. The average Bonchev–Trinajstić information content (AvgIpc) is 3.34. The molecule has 190 valence electrons. The molecule has 3 aromatic carbocycles. The minimum atomic E-state index is -0.743. The van der Waals surface area contributed by atoms with Crippen molar-refractivity contribution in [3.8, 4) is 16.9 Å². The predicted octanol–water partition coefficient (Wildman–Crippen LogP) is 6.13. The van der Waals surface area contributed by atoms with Crippen LogP contribution in [0.25, 0.3) is 22.0 Å². The van der Waals surface area contributed by atoms with E-state index in [1.165, 1.54) is 5.56 Å². The first-order valence-corrected chi connectivity index (χ1v) is 13.0. The standard InChI is InChI=1S/C31H32N2O4/c1-2-37-28-17-16-27(30(34)32-25-14-12-24(13-15-25)31(35)36)29-26(28)18-19-33(29)20-21-8-10-23(11-9-21)22-6-4-3-5-7-22/h3-11,16-19,24-25H,2,12-15,20H2,1H3,(H,32,34)(H,35,36). The van der Waals surface area contributed by atoms with Crippen molar-refractivity contribution in [2.24, 2.45) is 5.92 Å². The van der Waals surface area contributed by atoms with E-state index in [1.54, 1.807) is 0 Å². The summed E-state index contributed by atoms with van der Waals surface area (Å²) in [5, 5.41) is 13.3. The zero-order valence-corrected chi connectivity index (χ0v) is 21.0. The molecule has 1 aliphatic rings. The Labute approximate surface area is 216 Å². The number of carbonyl (C=O) groups excluding carboxylic acids is 1. The van der Waals surface area contributed by atoms with Gasteiger partial charge in [-0.25, -0.2) is 0 Å². The Morgan fingerprint density at radius 3 is 2.30 bits per heavy atom. The maximum absolute atomic E-state index is 13.4. The van der Waals surface area contributed by atoms with E-state index >= 15 is 0 Å². The highest BCUT2D eigenvalue weighted by Crippen LogP contribution is 2.32. The molecule has 0 saturated heterocycles. The fourth-order valence-electron chi connectivity index (χ4n) is 5.27. The van der Waals surface area contributed by atoms with Gasteiger partial charge in [-0.1, -0.05) is 54.6 Å². The summed E-state index contributed by atoms with van der Waals surface area (Å²) in [6.45, 7) is 3.11. The Hall–Kier alpha value is -4.06. The van der Waals surface area contributed by atoms with Crippen LogP contribution < -0.4 is 10.1 Å². The summed E-state index contributed by atoms with van der Waals surface area (Å²) in [5.41, 5.74) is 4.92. The summed E-state index contributed by atoms with van der Waals surface area (Å²) < 4.78 is 7.97. The highest BCUT2D eigenvalue weighted by molar-refractivity contribution is 6.07. The van der Waals surface area contributed by atoms with Gasteiger partial charge in [-0.15, -0.1) is 0 Å². The van der Waals surface area contributed by atoms with Crippen LogP contribution in [0, 0.1) is 5.92 Å². The van der Waals surface area contributed by atoms with Crippen LogP contribution in [-0.4, -0.2) is 34.2 Å². The van der Waals surface area contributed by atoms with Crippen LogP contribution in [0.5, 0.6) is 5.75 Å². The third kappa shape index (κ3) is 5.38. The first-order valence-electron chi connectivity index (χ1n) is 13.0. The lowest BCUT2D eigenvalue weighted by molar-refractivity contribution is -0.142. The van der Waals surface area contributed by atoms with Gasteiger partial charge >= 0.3 is 5.97 Å². The summed E-state index contributed by atoms with van der Waals surface area (Å²) in [5.74, 6) is -0.427. The molecule has 2 N–H and O–H groups in total. The molecule has 1 heterocycles. The van der Waals surface area contributed by atoms with E-state index in [4.69, 9.17) is 4.74 Å². The number of nitrogens with one attached hydrogen (secondary N) is 1. The number of nitrogens with zero attached hydrogens (tertiary/aromatic N) is 1. The van der Waals surface area contributed by atoms with Gasteiger partial charge in [-0.05, 0) is 67.5 Å². The zero-order chi connectivity index (χ0) is 25.8. The molecule has 1 aliphatic carbocycles. The van der Waals surface area contributed by atoms with Crippen molar-refractivity contribution in [2.45, 2.75) is 45.2 Å². The molecule has 6 nitrogen and oxygen atoms in total. The van der Waals surface area contributed by atoms with Crippen molar-refractivity contribution in [1.82, 2.24) is 9.88 Å². The van der Waals surface area contributed by atoms with Gasteiger partial charge in [0.25, 0.3) is 5.91 Å². The molecule has 4 aromatic rings. The molecule has 0 unspecified atom stereocenters. The minimum absolute atomic E-state index is 0.0151. The van der Waals surface area contributed by atoms with E-state index in [2.05, 4.69) is 46.3 Å². The first kappa shape index (κ1) is 24.6. The summed E-state index contributed by atoms with van der Waals surface area (Å²) in [6, 6.07) is 24.5. The maximum atomic E-state index is 13.4. The number of amides is 1. The molecule has 1 fully saturated rings. The summed E-state index contributed by atoms with van der Waals surface area (Å²) in [4.78, 5) is 24.7. The number of carboxylic acid groups (broad SMARTS) is 1. The zero-order valence-electron chi connectivity index (χ0n) is 21.0. The van der Waals surface area contributed by atoms with Gasteiger partial charge < -0.3 is 19.7 Å². The van der Waals surface area contributed by atoms with Gasteiger partial charge in [-0.3, -0.25) is 9.59 Å². The van der Waals surface area contributed by atoms with Gasteiger partial charge in [0.1, 0.15) is 5.75 Å². The van der Waals surface area contributed by atoms with Crippen molar-refractivity contribution >= 4 is 22.8 Å². The predicted molar refractivity (Wildman–Crippen MR) is 145 cm³/mol. The van der Waals surface area contributed by atoms with E-state index in [-0.39, 0.29) is 17.9 Å². The summed E-state index contributed by atoms with van der Waals surface area (Å²) in [6.07, 6.45) is 4.55. The molecule has 5 rings (SSSR count). The van der Waals surface area contributed by atoms with E-state index in [9.17, 15) is 14.7 Å². The monoisotopic (exact) mass is 496 g/mol. The van der Waals surface area contributed by atoms with Crippen LogP contribution in [0.15, 0.2) is 79.0 Å². The Balaban J connectivity index is 1.40. The number of ether oxygens (including phenoxy) is 1. The van der Waals surface area contributed by atoms with Crippen LogP contribution in [0.3, 0.4) is 0 Å². The Morgan fingerprint density at radius 2 is 1.62 bits per heavy atom. The van der Waals surface area contributed by atoms with E-state index in [0.717, 1.165) is 27.8 Å². The van der Waals surface area contributed by atoms with Gasteiger partial charge in [0.15, 0.2) is 0 Å². The number of aliphatic carboxylic acids is 1. The average molecular weight is 497 g/mol. The number of aromatic nitrogens is 1. The molecule has 1 amide bonds. The van der Waals surface area contributed by atoms with Crippen LogP contribution in [0.4, 0.5) is 0 Å². The number of hydrogen-bond donors (Lipinski definition) is 2. The van der Waals surface area contributed by atoms with E-state index in [0.29, 0.717) is 44.4 Å². The third-order valence-electron chi connectivity index (χ3n) is 7.26. The van der Waals surface area contributed by atoms with Gasteiger partial charge in [-0.2, -0.15) is 0 Å². The first-order chi connectivity index (χ1) is 18.0. The molecule has 6 heteroatoms.